The molecule has 0 aromatic heterocycles. The highest BCUT2D eigenvalue weighted by Gasteiger charge is 2.18. The predicted octanol–water partition coefficient (Wildman–Crippen LogP) is 3.78. The molecule has 0 N–H and O–H groups in total. The number of halogens is 1. The molecule has 1 fully saturated rings. The van der Waals surface area contributed by atoms with Crippen molar-refractivity contribution < 1.29 is 4.79 Å². The van der Waals surface area contributed by atoms with Crippen molar-refractivity contribution in [3.05, 3.63) is 28.8 Å². The van der Waals surface area contributed by atoms with Crippen molar-refractivity contribution >= 4 is 23.6 Å². The summed E-state index contributed by atoms with van der Waals surface area (Å²) in [5, 5.41) is 0.538. The molecule has 0 radical (unpaired) electrons. The normalized spacial score (nSPS) is 16.1. The zero-order valence-corrected chi connectivity index (χ0v) is 10.9. The molecule has 3 heteroatoms. The minimum absolute atomic E-state index is 0.538. The molecule has 0 aliphatic heterocycles. The number of carbonyl (C=O) groups excluding carboxylic acids is 1. The van der Waals surface area contributed by atoms with E-state index in [2.05, 4.69) is 4.90 Å². The average molecular weight is 252 g/mol. The molecule has 0 unspecified atom stereocenters. The van der Waals surface area contributed by atoms with E-state index in [0.29, 0.717) is 10.6 Å². The van der Waals surface area contributed by atoms with E-state index in [4.69, 9.17) is 11.6 Å². The van der Waals surface area contributed by atoms with Crippen LogP contribution in [0.25, 0.3) is 0 Å². The maximum atomic E-state index is 11.1. The van der Waals surface area contributed by atoms with Gasteiger partial charge in [-0.05, 0) is 30.9 Å². The summed E-state index contributed by atoms with van der Waals surface area (Å²) in [7, 11) is 2.04. The lowest BCUT2D eigenvalue weighted by Crippen LogP contribution is -2.25. The molecular formula is C14H18ClNO. The summed E-state index contributed by atoms with van der Waals surface area (Å²) in [6.07, 6.45) is 6.15. The van der Waals surface area contributed by atoms with E-state index in [1.54, 1.807) is 6.07 Å². The molecular weight excluding hydrogens is 234 g/mol. The van der Waals surface area contributed by atoms with Gasteiger partial charge in [0.1, 0.15) is 0 Å². The molecule has 1 aromatic carbocycles. The Kier molecular flexibility index (Phi) is 4.06. The molecule has 0 spiro atoms. The Balaban J connectivity index is 2.14. The van der Waals surface area contributed by atoms with Crippen molar-refractivity contribution in [2.75, 3.05) is 18.5 Å². The first-order chi connectivity index (χ1) is 8.22. The van der Waals surface area contributed by atoms with Crippen molar-refractivity contribution in [3.63, 3.8) is 0 Å². The topological polar surface area (TPSA) is 20.3 Å². The van der Waals surface area contributed by atoms with Crippen LogP contribution in [0.4, 0.5) is 5.69 Å². The van der Waals surface area contributed by atoms with Crippen LogP contribution in [0.15, 0.2) is 18.2 Å². The Hall–Kier alpha value is -1.02. The zero-order valence-electron chi connectivity index (χ0n) is 10.2. The van der Waals surface area contributed by atoms with Gasteiger partial charge in [-0.3, -0.25) is 4.79 Å². The second kappa shape index (κ2) is 5.54. The Morgan fingerprint density at radius 2 is 2.12 bits per heavy atom. The Bertz CT molecular complexity index is 399. The van der Waals surface area contributed by atoms with E-state index in [0.717, 1.165) is 24.4 Å². The molecule has 1 aliphatic rings. The summed E-state index contributed by atoms with van der Waals surface area (Å²) in [5.74, 6) is 0.762. The van der Waals surface area contributed by atoms with Gasteiger partial charge in [-0.25, -0.2) is 0 Å². The summed E-state index contributed by atoms with van der Waals surface area (Å²) in [6, 6.07) is 5.62. The second-order valence-electron chi connectivity index (χ2n) is 4.82. The van der Waals surface area contributed by atoms with Crippen LogP contribution in [0.2, 0.25) is 5.02 Å². The molecule has 0 bridgehead atoms. The van der Waals surface area contributed by atoms with Crippen LogP contribution in [0.5, 0.6) is 0 Å². The number of nitrogens with zero attached hydrogens (tertiary/aromatic N) is 1. The maximum Gasteiger partial charge on any atom is 0.153 e. The zero-order chi connectivity index (χ0) is 12.3. The summed E-state index contributed by atoms with van der Waals surface area (Å²) >= 11 is 6.03. The van der Waals surface area contributed by atoms with Crippen LogP contribution >= 0.6 is 11.6 Å². The Labute approximate surface area is 108 Å². The van der Waals surface area contributed by atoms with Crippen LogP contribution < -0.4 is 4.90 Å². The quantitative estimate of drug-likeness (QED) is 0.759. The average Bonchev–Trinajstić information content (AvgIpc) is 2.81. The van der Waals surface area contributed by atoms with E-state index in [1.165, 1.54) is 25.7 Å². The van der Waals surface area contributed by atoms with Gasteiger partial charge in [-0.1, -0.05) is 30.5 Å². The van der Waals surface area contributed by atoms with Crippen LogP contribution in [0.3, 0.4) is 0 Å². The lowest BCUT2D eigenvalue weighted by atomic mass is 10.1. The van der Waals surface area contributed by atoms with Gasteiger partial charge in [0.25, 0.3) is 0 Å². The van der Waals surface area contributed by atoms with Gasteiger partial charge in [0.05, 0.1) is 10.6 Å². The fourth-order valence-corrected chi connectivity index (χ4v) is 2.87. The lowest BCUT2D eigenvalue weighted by Gasteiger charge is -2.24. The molecule has 0 amide bonds. The number of anilines is 1. The highest BCUT2D eigenvalue weighted by molar-refractivity contribution is 6.33. The van der Waals surface area contributed by atoms with Gasteiger partial charge in [-0.15, -0.1) is 0 Å². The Morgan fingerprint density at radius 1 is 1.41 bits per heavy atom. The molecule has 0 heterocycles. The number of hydrogen-bond acceptors (Lipinski definition) is 2. The van der Waals surface area contributed by atoms with Crippen LogP contribution in [0, 0.1) is 5.92 Å². The molecule has 0 atom stereocenters. The largest absolute Gasteiger partial charge is 0.374 e. The van der Waals surface area contributed by atoms with E-state index >= 15 is 0 Å². The molecule has 92 valence electrons. The number of aldehydes is 1. The standard InChI is InChI=1S/C14H18ClNO/c1-16(9-11-5-2-3-6-11)14-8-4-7-13(15)12(14)10-17/h4,7-8,10-11H,2-3,5-6,9H2,1H3. The maximum absolute atomic E-state index is 11.1. The summed E-state index contributed by atoms with van der Waals surface area (Å²) in [4.78, 5) is 13.2. The smallest absolute Gasteiger partial charge is 0.153 e. The van der Waals surface area contributed by atoms with Crippen molar-refractivity contribution in [3.8, 4) is 0 Å². The summed E-state index contributed by atoms with van der Waals surface area (Å²) < 4.78 is 0. The predicted molar refractivity (Wildman–Crippen MR) is 72.1 cm³/mol. The number of benzene rings is 1. The fourth-order valence-electron chi connectivity index (χ4n) is 2.65. The summed E-state index contributed by atoms with van der Waals surface area (Å²) in [6.45, 7) is 1.02. The van der Waals surface area contributed by atoms with Gasteiger partial charge >= 0.3 is 0 Å². The second-order valence-corrected chi connectivity index (χ2v) is 5.23. The van der Waals surface area contributed by atoms with Gasteiger partial charge in [0.2, 0.25) is 0 Å². The first kappa shape index (κ1) is 12.4. The van der Waals surface area contributed by atoms with Crippen LogP contribution in [-0.2, 0) is 0 Å². The van der Waals surface area contributed by atoms with Gasteiger partial charge in [-0.2, -0.15) is 0 Å². The Morgan fingerprint density at radius 3 is 2.76 bits per heavy atom. The highest BCUT2D eigenvalue weighted by atomic mass is 35.5. The molecule has 1 saturated carbocycles. The van der Waals surface area contributed by atoms with E-state index in [1.807, 2.05) is 19.2 Å². The third-order valence-electron chi connectivity index (χ3n) is 3.57. The first-order valence-electron chi connectivity index (χ1n) is 6.17. The molecule has 2 nitrogen and oxygen atoms in total. The van der Waals surface area contributed by atoms with Gasteiger partial charge in [0.15, 0.2) is 6.29 Å². The first-order valence-corrected chi connectivity index (χ1v) is 6.55. The van der Waals surface area contributed by atoms with Crippen LogP contribution in [-0.4, -0.2) is 19.9 Å². The molecule has 2 rings (SSSR count). The fraction of sp³-hybridized carbons (Fsp3) is 0.500. The third kappa shape index (κ3) is 2.81. The van der Waals surface area contributed by atoms with E-state index in [-0.39, 0.29) is 0 Å². The molecule has 1 aromatic rings. The minimum atomic E-state index is 0.538. The van der Waals surface area contributed by atoms with Crippen LogP contribution in [0.1, 0.15) is 36.0 Å². The van der Waals surface area contributed by atoms with Gasteiger partial charge < -0.3 is 4.90 Å². The van der Waals surface area contributed by atoms with Gasteiger partial charge in [0, 0.05) is 19.3 Å². The van der Waals surface area contributed by atoms with E-state index < -0.39 is 0 Å². The van der Waals surface area contributed by atoms with Crippen molar-refractivity contribution in [2.24, 2.45) is 5.92 Å². The SMILES string of the molecule is CN(CC1CCCC1)c1cccc(Cl)c1C=O. The van der Waals surface area contributed by atoms with E-state index in [9.17, 15) is 4.79 Å². The summed E-state index contributed by atoms with van der Waals surface area (Å²) in [5.41, 5.74) is 1.55. The molecule has 1 aliphatic carbocycles. The number of rotatable bonds is 4. The van der Waals surface area contributed by atoms with Crippen molar-refractivity contribution in [1.29, 1.82) is 0 Å². The lowest BCUT2D eigenvalue weighted by molar-refractivity contribution is 0.112. The third-order valence-corrected chi connectivity index (χ3v) is 3.90. The molecule has 17 heavy (non-hydrogen) atoms. The minimum Gasteiger partial charge on any atom is -0.374 e. The van der Waals surface area contributed by atoms with Crippen molar-refractivity contribution in [2.45, 2.75) is 25.7 Å². The highest BCUT2D eigenvalue weighted by Crippen LogP contribution is 2.29. The van der Waals surface area contributed by atoms with Crippen molar-refractivity contribution in [1.82, 2.24) is 0 Å². The monoisotopic (exact) mass is 251 g/mol. The molecule has 0 saturated heterocycles. The number of hydrogen-bond donors (Lipinski definition) is 0. The number of carbonyl (C=O) groups is 1.